The molecule has 2 unspecified atom stereocenters. The Balaban J connectivity index is 1.85. The molecule has 1 N–H and O–H groups in total. The van der Waals surface area contributed by atoms with Gasteiger partial charge in [-0.1, -0.05) is 22.9 Å². The molecule has 2 atom stereocenters. The first kappa shape index (κ1) is 15.3. The Morgan fingerprint density at radius 1 is 1.21 bits per heavy atom. The maximum atomic E-state index is 12.8. The number of nitrogens with zero attached hydrogens (tertiary/aromatic N) is 2. The predicted octanol–water partition coefficient (Wildman–Crippen LogP) is 4.20. The zero-order chi connectivity index (χ0) is 16.7. The van der Waals surface area contributed by atoms with Gasteiger partial charge in [-0.15, -0.1) is 0 Å². The van der Waals surface area contributed by atoms with Crippen LogP contribution in [-0.2, 0) is 0 Å². The summed E-state index contributed by atoms with van der Waals surface area (Å²) < 4.78 is 0.933. The molecule has 1 aliphatic rings. The Morgan fingerprint density at radius 3 is 2.67 bits per heavy atom. The van der Waals surface area contributed by atoms with E-state index in [9.17, 15) is 4.79 Å². The van der Waals surface area contributed by atoms with Gasteiger partial charge in [0.2, 0.25) is 0 Å². The molecule has 4 rings (SSSR count). The number of benzene rings is 1. The van der Waals surface area contributed by atoms with E-state index >= 15 is 0 Å². The summed E-state index contributed by atoms with van der Waals surface area (Å²) >= 11 is 3.48. The van der Waals surface area contributed by atoms with Crippen molar-refractivity contribution in [3.8, 4) is 11.3 Å². The van der Waals surface area contributed by atoms with Crippen molar-refractivity contribution in [2.75, 3.05) is 0 Å². The number of fused-ring (bicyclic) bond motifs is 1. The van der Waals surface area contributed by atoms with Crippen molar-refractivity contribution in [1.29, 1.82) is 0 Å². The summed E-state index contributed by atoms with van der Waals surface area (Å²) in [5.41, 5.74) is 3.19. The highest BCUT2D eigenvalue weighted by Gasteiger charge is 2.34. The number of nitrogens with one attached hydrogen (secondary N) is 1. The van der Waals surface area contributed by atoms with Crippen LogP contribution in [0.2, 0.25) is 0 Å². The smallest absolute Gasteiger partial charge is 0.252 e. The van der Waals surface area contributed by atoms with Crippen LogP contribution in [0, 0.1) is 5.92 Å². The van der Waals surface area contributed by atoms with Gasteiger partial charge in [0.25, 0.3) is 5.91 Å². The van der Waals surface area contributed by atoms with Crippen LogP contribution in [0.1, 0.15) is 23.7 Å². The lowest BCUT2D eigenvalue weighted by atomic mass is 10.0. The summed E-state index contributed by atoms with van der Waals surface area (Å²) in [6, 6.07) is 11.8. The Morgan fingerprint density at radius 2 is 1.96 bits per heavy atom. The van der Waals surface area contributed by atoms with Crippen LogP contribution in [0.25, 0.3) is 22.2 Å². The van der Waals surface area contributed by atoms with Crippen LogP contribution in [-0.4, -0.2) is 21.9 Å². The fourth-order valence-electron chi connectivity index (χ4n) is 2.83. The third kappa shape index (κ3) is 2.91. The van der Waals surface area contributed by atoms with Gasteiger partial charge in [-0.25, -0.2) is 4.98 Å². The van der Waals surface area contributed by atoms with Crippen LogP contribution in [0.4, 0.5) is 0 Å². The molecule has 0 aliphatic heterocycles. The lowest BCUT2D eigenvalue weighted by Gasteiger charge is -2.11. The number of amides is 1. The summed E-state index contributed by atoms with van der Waals surface area (Å²) in [4.78, 5) is 21.5. The van der Waals surface area contributed by atoms with E-state index in [1.165, 1.54) is 0 Å². The van der Waals surface area contributed by atoms with E-state index in [1.54, 1.807) is 12.4 Å². The van der Waals surface area contributed by atoms with Crippen LogP contribution in [0.15, 0.2) is 53.3 Å². The number of hydrogen-bond acceptors (Lipinski definition) is 3. The van der Waals surface area contributed by atoms with E-state index in [-0.39, 0.29) is 11.9 Å². The zero-order valence-electron chi connectivity index (χ0n) is 13.2. The minimum Gasteiger partial charge on any atom is -0.349 e. The summed E-state index contributed by atoms with van der Waals surface area (Å²) in [5.74, 6) is 0.526. The number of rotatable bonds is 3. The fourth-order valence-corrected chi connectivity index (χ4v) is 3.19. The molecule has 1 amide bonds. The maximum absolute atomic E-state index is 12.8. The maximum Gasteiger partial charge on any atom is 0.252 e. The molecule has 3 aromatic rings. The molecule has 1 fully saturated rings. The molecule has 1 saturated carbocycles. The van der Waals surface area contributed by atoms with Gasteiger partial charge >= 0.3 is 0 Å². The number of aromatic nitrogens is 2. The van der Waals surface area contributed by atoms with Gasteiger partial charge in [-0.2, -0.15) is 0 Å². The van der Waals surface area contributed by atoms with Crippen molar-refractivity contribution in [3.63, 3.8) is 0 Å². The normalized spacial score (nSPS) is 19.2. The fraction of sp³-hybridized carbons (Fsp3) is 0.211. The number of pyridine rings is 2. The number of carbonyl (C=O) groups excluding carboxylic acids is 1. The molecule has 1 aliphatic carbocycles. The van der Waals surface area contributed by atoms with Crippen molar-refractivity contribution in [3.05, 3.63) is 58.8 Å². The molecule has 24 heavy (non-hydrogen) atoms. The molecule has 0 saturated heterocycles. The van der Waals surface area contributed by atoms with Crippen molar-refractivity contribution >= 4 is 32.7 Å². The summed E-state index contributed by atoms with van der Waals surface area (Å²) in [6.07, 6.45) is 4.51. The lowest BCUT2D eigenvalue weighted by molar-refractivity contribution is 0.0951. The van der Waals surface area contributed by atoms with Gasteiger partial charge in [-0.05, 0) is 48.7 Å². The molecular formula is C19H16BrN3O. The van der Waals surface area contributed by atoms with Gasteiger partial charge in [-0.3, -0.25) is 9.78 Å². The highest BCUT2D eigenvalue weighted by atomic mass is 79.9. The first-order valence-electron chi connectivity index (χ1n) is 7.93. The number of halogens is 1. The monoisotopic (exact) mass is 381 g/mol. The average molecular weight is 382 g/mol. The minimum absolute atomic E-state index is 0.0369. The highest BCUT2D eigenvalue weighted by molar-refractivity contribution is 9.10. The standard InChI is InChI=1S/C19H16BrN3O/c1-11-8-17(11)23-19(24)15-10-18(12-4-6-21-7-5-12)22-16-3-2-13(20)9-14(15)16/h2-7,9-11,17H,8H2,1H3,(H,23,24). The molecule has 0 bridgehead atoms. The van der Waals surface area contributed by atoms with E-state index in [4.69, 9.17) is 4.98 Å². The van der Waals surface area contributed by atoms with Crippen LogP contribution in [0.5, 0.6) is 0 Å². The van der Waals surface area contributed by atoms with Crippen molar-refractivity contribution < 1.29 is 4.79 Å². The second kappa shape index (κ2) is 5.98. The molecule has 4 nitrogen and oxygen atoms in total. The minimum atomic E-state index is -0.0369. The van der Waals surface area contributed by atoms with Crippen LogP contribution in [0.3, 0.4) is 0 Å². The van der Waals surface area contributed by atoms with Crippen molar-refractivity contribution in [2.24, 2.45) is 5.92 Å². The first-order valence-corrected chi connectivity index (χ1v) is 8.72. The topological polar surface area (TPSA) is 54.9 Å². The summed E-state index contributed by atoms with van der Waals surface area (Å²) in [7, 11) is 0. The van der Waals surface area contributed by atoms with Crippen LogP contribution >= 0.6 is 15.9 Å². The second-order valence-electron chi connectivity index (χ2n) is 6.25. The molecule has 0 spiro atoms. The molecule has 120 valence electrons. The zero-order valence-corrected chi connectivity index (χ0v) is 14.7. The van der Waals surface area contributed by atoms with Gasteiger partial charge in [0.15, 0.2) is 0 Å². The molecule has 0 radical (unpaired) electrons. The first-order chi connectivity index (χ1) is 11.6. The summed E-state index contributed by atoms with van der Waals surface area (Å²) in [5, 5.41) is 3.97. The van der Waals surface area contributed by atoms with E-state index in [2.05, 4.69) is 33.2 Å². The van der Waals surface area contributed by atoms with Crippen LogP contribution < -0.4 is 5.32 Å². The van der Waals surface area contributed by atoms with Gasteiger partial charge in [0, 0.05) is 33.9 Å². The SMILES string of the molecule is CC1CC1NC(=O)c1cc(-c2ccncc2)nc2ccc(Br)cc12. The van der Waals surface area contributed by atoms with Crippen molar-refractivity contribution in [1.82, 2.24) is 15.3 Å². The van der Waals surface area contributed by atoms with Gasteiger partial charge in [0.05, 0.1) is 16.8 Å². The molecular weight excluding hydrogens is 366 g/mol. The predicted molar refractivity (Wildman–Crippen MR) is 97.7 cm³/mol. The Labute approximate surface area is 148 Å². The second-order valence-corrected chi connectivity index (χ2v) is 7.16. The Kier molecular flexibility index (Phi) is 3.81. The molecule has 2 aromatic heterocycles. The van der Waals surface area contributed by atoms with Gasteiger partial charge in [0.1, 0.15) is 0 Å². The molecule has 1 aromatic carbocycles. The Hall–Kier alpha value is -2.27. The van der Waals surface area contributed by atoms with E-state index < -0.39 is 0 Å². The average Bonchev–Trinajstić information content (AvgIpc) is 3.29. The highest BCUT2D eigenvalue weighted by Crippen LogP contribution is 2.31. The van der Waals surface area contributed by atoms with Crippen molar-refractivity contribution in [2.45, 2.75) is 19.4 Å². The molecule has 2 heterocycles. The largest absolute Gasteiger partial charge is 0.349 e. The quantitative estimate of drug-likeness (QED) is 0.739. The van der Waals surface area contributed by atoms with E-state index in [0.29, 0.717) is 11.5 Å². The number of carbonyl (C=O) groups is 1. The van der Waals surface area contributed by atoms with Gasteiger partial charge < -0.3 is 5.32 Å². The lowest BCUT2D eigenvalue weighted by Crippen LogP contribution is -2.26. The summed E-state index contributed by atoms with van der Waals surface area (Å²) in [6.45, 7) is 2.15. The third-order valence-electron chi connectivity index (χ3n) is 4.42. The third-order valence-corrected chi connectivity index (χ3v) is 4.91. The van der Waals surface area contributed by atoms with E-state index in [0.717, 1.165) is 33.1 Å². The Bertz CT molecular complexity index is 927. The van der Waals surface area contributed by atoms with E-state index in [1.807, 2.05) is 36.4 Å². The number of hydrogen-bond donors (Lipinski definition) is 1. The molecule has 5 heteroatoms.